The fourth-order valence-corrected chi connectivity index (χ4v) is 2.46. The minimum absolute atomic E-state index is 0.204. The Morgan fingerprint density at radius 2 is 1.56 bits per heavy atom. The second-order valence-electron chi connectivity index (χ2n) is 6.28. The van der Waals surface area contributed by atoms with Gasteiger partial charge in [0.1, 0.15) is 0 Å². The average molecular weight is 255 g/mol. The predicted octanol–water partition coefficient (Wildman–Crippen LogP) is 2.11. The van der Waals surface area contributed by atoms with Crippen LogP contribution in [0.1, 0.15) is 34.6 Å². The van der Waals surface area contributed by atoms with Crippen molar-refractivity contribution in [1.82, 2.24) is 14.7 Å². The Hall–Kier alpha value is -0.770. The highest BCUT2D eigenvalue weighted by atomic mass is 16.2. The van der Waals surface area contributed by atoms with E-state index in [2.05, 4.69) is 25.7 Å². The van der Waals surface area contributed by atoms with Crippen LogP contribution >= 0.6 is 0 Å². The van der Waals surface area contributed by atoms with Gasteiger partial charge in [-0.3, -0.25) is 4.90 Å². The number of urea groups is 1. The van der Waals surface area contributed by atoms with Crippen LogP contribution in [0.15, 0.2) is 0 Å². The molecule has 0 N–H and O–H groups in total. The van der Waals surface area contributed by atoms with Crippen LogP contribution in [0.4, 0.5) is 4.79 Å². The second-order valence-corrected chi connectivity index (χ2v) is 6.28. The molecule has 1 fully saturated rings. The molecule has 0 aromatic carbocycles. The first kappa shape index (κ1) is 15.3. The Kier molecular flexibility index (Phi) is 5.45. The van der Waals surface area contributed by atoms with Gasteiger partial charge in [0, 0.05) is 45.8 Å². The van der Waals surface area contributed by atoms with Crippen LogP contribution in [0, 0.1) is 5.41 Å². The van der Waals surface area contributed by atoms with Crippen molar-refractivity contribution in [2.75, 3.05) is 45.8 Å². The van der Waals surface area contributed by atoms with E-state index in [-0.39, 0.29) is 6.03 Å². The molecular weight excluding hydrogens is 226 g/mol. The SMILES string of the molecule is CCN(CC)C(=O)N1CCN(CC(C)(C)C)CC1. The van der Waals surface area contributed by atoms with E-state index in [1.54, 1.807) is 0 Å². The molecule has 0 aromatic heterocycles. The molecule has 4 nitrogen and oxygen atoms in total. The summed E-state index contributed by atoms with van der Waals surface area (Å²) in [5.74, 6) is 0. The Morgan fingerprint density at radius 3 is 1.94 bits per heavy atom. The van der Waals surface area contributed by atoms with Crippen LogP contribution in [0.2, 0.25) is 0 Å². The standard InChI is InChI=1S/C14H29N3O/c1-6-16(7-2)13(18)17-10-8-15(9-11-17)12-14(3,4)5/h6-12H2,1-5H3. The molecular formula is C14H29N3O. The largest absolute Gasteiger partial charge is 0.325 e. The molecule has 0 aromatic rings. The highest BCUT2D eigenvalue weighted by Crippen LogP contribution is 2.16. The second kappa shape index (κ2) is 6.41. The van der Waals surface area contributed by atoms with Crippen molar-refractivity contribution < 1.29 is 4.79 Å². The van der Waals surface area contributed by atoms with E-state index in [0.717, 1.165) is 45.8 Å². The molecule has 1 rings (SSSR count). The molecule has 0 bridgehead atoms. The molecule has 0 spiro atoms. The molecule has 1 heterocycles. The summed E-state index contributed by atoms with van der Waals surface area (Å²) in [6, 6.07) is 0.204. The van der Waals surface area contributed by atoms with E-state index in [4.69, 9.17) is 0 Å². The Bertz CT molecular complexity index is 261. The van der Waals surface area contributed by atoms with Gasteiger partial charge in [0.15, 0.2) is 0 Å². The van der Waals surface area contributed by atoms with Crippen LogP contribution in [0.25, 0.3) is 0 Å². The van der Waals surface area contributed by atoms with E-state index >= 15 is 0 Å². The number of nitrogens with zero attached hydrogens (tertiary/aromatic N) is 3. The summed E-state index contributed by atoms with van der Waals surface area (Å²) >= 11 is 0. The molecule has 1 aliphatic rings. The normalized spacial score (nSPS) is 17.9. The fourth-order valence-electron chi connectivity index (χ4n) is 2.46. The summed E-state index contributed by atoms with van der Waals surface area (Å²) < 4.78 is 0. The minimum atomic E-state index is 0.204. The van der Waals surface area contributed by atoms with Gasteiger partial charge in [0.25, 0.3) is 0 Å². The van der Waals surface area contributed by atoms with Gasteiger partial charge < -0.3 is 9.80 Å². The maximum atomic E-state index is 12.2. The third-order valence-corrected chi connectivity index (χ3v) is 3.37. The minimum Gasteiger partial charge on any atom is -0.325 e. The topological polar surface area (TPSA) is 26.8 Å². The molecule has 18 heavy (non-hydrogen) atoms. The van der Waals surface area contributed by atoms with Crippen molar-refractivity contribution in [1.29, 1.82) is 0 Å². The summed E-state index contributed by atoms with van der Waals surface area (Å²) in [6.45, 7) is 17.3. The summed E-state index contributed by atoms with van der Waals surface area (Å²) in [6.07, 6.45) is 0. The van der Waals surface area contributed by atoms with Gasteiger partial charge in [-0.15, -0.1) is 0 Å². The maximum absolute atomic E-state index is 12.2. The van der Waals surface area contributed by atoms with Crippen LogP contribution in [-0.4, -0.2) is 66.5 Å². The predicted molar refractivity (Wildman–Crippen MR) is 75.8 cm³/mol. The number of carbonyl (C=O) groups excluding carboxylic acids is 1. The first-order chi connectivity index (χ1) is 8.37. The van der Waals surface area contributed by atoms with E-state index in [1.165, 1.54) is 0 Å². The highest BCUT2D eigenvalue weighted by Gasteiger charge is 2.25. The van der Waals surface area contributed by atoms with Crippen molar-refractivity contribution in [2.24, 2.45) is 5.41 Å². The lowest BCUT2D eigenvalue weighted by atomic mass is 9.96. The molecule has 0 saturated carbocycles. The smallest absolute Gasteiger partial charge is 0.320 e. The highest BCUT2D eigenvalue weighted by molar-refractivity contribution is 5.74. The van der Waals surface area contributed by atoms with Gasteiger partial charge in [0.2, 0.25) is 0 Å². The number of rotatable bonds is 3. The van der Waals surface area contributed by atoms with Gasteiger partial charge >= 0.3 is 6.03 Å². The van der Waals surface area contributed by atoms with E-state index in [9.17, 15) is 4.79 Å². The molecule has 0 unspecified atom stereocenters. The lowest BCUT2D eigenvalue weighted by molar-refractivity contribution is 0.0973. The quantitative estimate of drug-likeness (QED) is 0.772. The Labute approximate surface area is 112 Å². The van der Waals surface area contributed by atoms with Crippen LogP contribution in [0.3, 0.4) is 0 Å². The lowest BCUT2D eigenvalue weighted by Gasteiger charge is -2.39. The van der Waals surface area contributed by atoms with Gasteiger partial charge in [-0.2, -0.15) is 0 Å². The van der Waals surface area contributed by atoms with E-state index in [1.807, 2.05) is 23.6 Å². The third kappa shape index (κ3) is 4.48. The number of hydrogen-bond donors (Lipinski definition) is 0. The van der Waals surface area contributed by atoms with Gasteiger partial charge in [-0.1, -0.05) is 20.8 Å². The fraction of sp³-hybridized carbons (Fsp3) is 0.929. The molecule has 0 aliphatic carbocycles. The zero-order valence-electron chi connectivity index (χ0n) is 12.7. The zero-order valence-corrected chi connectivity index (χ0v) is 12.7. The average Bonchev–Trinajstić information content (AvgIpc) is 2.29. The zero-order chi connectivity index (χ0) is 13.8. The van der Waals surface area contributed by atoms with Crippen molar-refractivity contribution in [3.05, 3.63) is 0 Å². The molecule has 2 amide bonds. The number of hydrogen-bond acceptors (Lipinski definition) is 2. The summed E-state index contributed by atoms with van der Waals surface area (Å²) in [5, 5.41) is 0. The van der Waals surface area contributed by atoms with Gasteiger partial charge in [-0.05, 0) is 19.3 Å². The monoisotopic (exact) mass is 255 g/mol. The van der Waals surface area contributed by atoms with E-state index in [0.29, 0.717) is 5.41 Å². The van der Waals surface area contributed by atoms with Gasteiger partial charge in [-0.25, -0.2) is 4.79 Å². The first-order valence-corrected chi connectivity index (χ1v) is 7.13. The van der Waals surface area contributed by atoms with Crippen molar-refractivity contribution >= 4 is 6.03 Å². The molecule has 1 saturated heterocycles. The summed E-state index contributed by atoms with van der Waals surface area (Å²) in [4.78, 5) is 18.5. The maximum Gasteiger partial charge on any atom is 0.320 e. The first-order valence-electron chi connectivity index (χ1n) is 7.13. The summed E-state index contributed by atoms with van der Waals surface area (Å²) in [7, 11) is 0. The van der Waals surface area contributed by atoms with Crippen molar-refractivity contribution in [2.45, 2.75) is 34.6 Å². The lowest BCUT2D eigenvalue weighted by Crippen LogP contribution is -2.53. The summed E-state index contributed by atoms with van der Waals surface area (Å²) in [5.41, 5.74) is 0.338. The number of piperazine rings is 1. The third-order valence-electron chi connectivity index (χ3n) is 3.37. The molecule has 0 atom stereocenters. The van der Waals surface area contributed by atoms with Crippen LogP contribution in [-0.2, 0) is 0 Å². The number of carbonyl (C=O) groups is 1. The van der Waals surface area contributed by atoms with Crippen molar-refractivity contribution in [3.63, 3.8) is 0 Å². The van der Waals surface area contributed by atoms with Crippen LogP contribution in [0.5, 0.6) is 0 Å². The Morgan fingerprint density at radius 1 is 1.06 bits per heavy atom. The molecule has 4 heteroatoms. The molecule has 1 aliphatic heterocycles. The van der Waals surface area contributed by atoms with Crippen LogP contribution < -0.4 is 0 Å². The molecule has 106 valence electrons. The van der Waals surface area contributed by atoms with E-state index < -0.39 is 0 Å². The molecule has 0 radical (unpaired) electrons. The Balaban J connectivity index is 2.41. The van der Waals surface area contributed by atoms with Gasteiger partial charge in [0.05, 0.1) is 0 Å². The number of amides is 2. The van der Waals surface area contributed by atoms with Crippen molar-refractivity contribution in [3.8, 4) is 0 Å².